The van der Waals surface area contributed by atoms with Crippen LogP contribution in [0, 0.1) is 0 Å². The normalized spacial score (nSPS) is 11.6. The molecule has 0 bridgehead atoms. The molecule has 2 N–H and O–H groups in total. The third-order valence-electron chi connectivity index (χ3n) is 3.60. The average molecular weight is 327 g/mol. The molecule has 0 saturated heterocycles. The van der Waals surface area contributed by atoms with Gasteiger partial charge in [-0.15, -0.1) is 0 Å². The van der Waals surface area contributed by atoms with Crippen LogP contribution in [0.15, 0.2) is 48.5 Å². The van der Waals surface area contributed by atoms with E-state index in [2.05, 4.69) is 5.32 Å². The standard InChI is InChI=1S/C19H21NO4/c1-3-13(2)24-17-10-6-15(7-11-17)19(23)20-16-8-4-14(5-9-16)12-18(21)22/h4-11,13H,3,12H2,1-2H3,(H,20,23)(H,21,22). The Morgan fingerprint density at radius 2 is 1.71 bits per heavy atom. The second kappa shape index (κ2) is 8.15. The van der Waals surface area contributed by atoms with E-state index in [1.807, 2.05) is 13.8 Å². The minimum absolute atomic E-state index is 0.0358. The Morgan fingerprint density at radius 3 is 2.25 bits per heavy atom. The number of ether oxygens (including phenoxy) is 1. The second-order valence-electron chi connectivity index (χ2n) is 5.58. The predicted molar refractivity (Wildman–Crippen MR) is 92.6 cm³/mol. The van der Waals surface area contributed by atoms with Gasteiger partial charge in [-0.1, -0.05) is 19.1 Å². The zero-order valence-electron chi connectivity index (χ0n) is 13.8. The molecule has 5 heteroatoms. The van der Waals surface area contributed by atoms with Crippen LogP contribution >= 0.6 is 0 Å². The summed E-state index contributed by atoms with van der Waals surface area (Å²) < 4.78 is 5.68. The van der Waals surface area contributed by atoms with E-state index in [-0.39, 0.29) is 18.4 Å². The number of carbonyl (C=O) groups excluding carboxylic acids is 1. The number of carbonyl (C=O) groups is 2. The highest BCUT2D eigenvalue weighted by molar-refractivity contribution is 6.04. The van der Waals surface area contributed by atoms with Gasteiger partial charge in [0.25, 0.3) is 5.91 Å². The van der Waals surface area contributed by atoms with E-state index < -0.39 is 5.97 Å². The topological polar surface area (TPSA) is 75.6 Å². The molecule has 0 heterocycles. The fraction of sp³-hybridized carbons (Fsp3) is 0.263. The lowest BCUT2D eigenvalue weighted by molar-refractivity contribution is -0.136. The predicted octanol–water partition coefficient (Wildman–Crippen LogP) is 3.74. The Kier molecular flexibility index (Phi) is 5.95. The van der Waals surface area contributed by atoms with Crippen molar-refractivity contribution in [2.75, 3.05) is 5.32 Å². The molecule has 1 amide bonds. The van der Waals surface area contributed by atoms with E-state index in [1.165, 1.54) is 0 Å². The van der Waals surface area contributed by atoms with Crippen LogP contribution in [-0.2, 0) is 11.2 Å². The molecule has 1 atom stereocenters. The molecular formula is C19H21NO4. The Balaban J connectivity index is 1.97. The van der Waals surface area contributed by atoms with Crippen LogP contribution in [0.4, 0.5) is 5.69 Å². The van der Waals surface area contributed by atoms with Gasteiger partial charge in [-0.2, -0.15) is 0 Å². The van der Waals surface area contributed by atoms with Crippen molar-refractivity contribution in [3.8, 4) is 5.75 Å². The van der Waals surface area contributed by atoms with Crippen LogP contribution < -0.4 is 10.1 Å². The van der Waals surface area contributed by atoms with E-state index in [0.29, 0.717) is 16.8 Å². The van der Waals surface area contributed by atoms with Gasteiger partial charge in [-0.05, 0) is 55.3 Å². The largest absolute Gasteiger partial charge is 0.491 e. The van der Waals surface area contributed by atoms with Gasteiger partial charge in [0, 0.05) is 11.3 Å². The van der Waals surface area contributed by atoms with E-state index >= 15 is 0 Å². The molecule has 24 heavy (non-hydrogen) atoms. The molecule has 0 fully saturated rings. The van der Waals surface area contributed by atoms with Gasteiger partial charge in [-0.3, -0.25) is 9.59 Å². The molecule has 0 radical (unpaired) electrons. The zero-order chi connectivity index (χ0) is 17.5. The molecule has 0 aromatic heterocycles. The van der Waals surface area contributed by atoms with Crippen molar-refractivity contribution >= 4 is 17.6 Å². The van der Waals surface area contributed by atoms with E-state index in [1.54, 1.807) is 48.5 Å². The molecule has 0 aliphatic heterocycles. The van der Waals surface area contributed by atoms with E-state index in [0.717, 1.165) is 12.2 Å². The van der Waals surface area contributed by atoms with Gasteiger partial charge in [-0.25, -0.2) is 0 Å². The Hall–Kier alpha value is -2.82. The molecule has 0 spiro atoms. The summed E-state index contributed by atoms with van der Waals surface area (Å²) in [5, 5.41) is 11.5. The van der Waals surface area contributed by atoms with Gasteiger partial charge < -0.3 is 15.2 Å². The summed E-state index contributed by atoms with van der Waals surface area (Å²) in [5.74, 6) is -0.374. The number of hydrogen-bond acceptors (Lipinski definition) is 3. The first-order valence-electron chi connectivity index (χ1n) is 7.86. The van der Waals surface area contributed by atoms with Gasteiger partial charge in [0.05, 0.1) is 12.5 Å². The minimum atomic E-state index is -0.883. The quantitative estimate of drug-likeness (QED) is 0.812. The lowest BCUT2D eigenvalue weighted by atomic mass is 10.1. The zero-order valence-corrected chi connectivity index (χ0v) is 13.8. The maximum absolute atomic E-state index is 12.2. The van der Waals surface area contributed by atoms with Crippen molar-refractivity contribution in [1.29, 1.82) is 0 Å². The minimum Gasteiger partial charge on any atom is -0.491 e. The Bertz CT molecular complexity index is 692. The molecule has 1 unspecified atom stereocenters. The number of carboxylic acid groups (broad SMARTS) is 1. The summed E-state index contributed by atoms with van der Waals surface area (Å²) in [4.78, 5) is 22.9. The SMILES string of the molecule is CCC(C)Oc1ccc(C(=O)Nc2ccc(CC(=O)O)cc2)cc1. The van der Waals surface area contributed by atoms with Gasteiger partial charge in [0.15, 0.2) is 0 Å². The number of benzene rings is 2. The molecule has 0 saturated carbocycles. The smallest absolute Gasteiger partial charge is 0.307 e. The highest BCUT2D eigenvalue weighted by atomic mass is 16.5. The van der Waals surface area contributed by atoms with E-state index in [9.17, 15) is 9.59 Å². The molecule has 126 valence electrons. The number of aliphatic carboxylic acids is 1. The number of carboxylic acids is 1. The summed E-state index contributed by atoms with van der Waals surface area (Å²) in [5.41, 5.74) is 1.84. The van der Waals surface area contributed by atoms with Crippen molar-refractivity contribution in [2.45, 2.75) is 32.8 Å². The third kappa shape index (κ3) is 5.12. The fourth-order valence-electron chi connectivity index (χ4n) is 2.08. The molecule has 0 aliphatic carbocycles. The summed E-state index contributed by atoms with van der Waals surface area (Å²) in [6, 6.07) is 13.7. The molecule has 2 aromatic carbocycles. The van der Waals surface area contributed by atoms with Crippen molar-refractivity contribution < 1.29 is 19.4 Å². The van der Waals surface area contributed by atoms with Crippen molar-refractivity contribution in [3.05, 3.63) is 59.7 Å². The van der Waals surface area contributed by atoms with Crippen LogP contribution in [0.2, 0.25) is 0 Å². The van der Waals surface area contributed by atoms with Crippen LogP contribution in [0.25, 0.3) is 0 Å². The fourth-order valence-corrected chi connectivity index (χ4v) is 2.08. The average Bonchev–Trinajstić information content (AvgIpc) is 2.56. The lowest BCUT2D eigenvalue weighted by Crippen LogP contribution is -2.13. The number of amides is 1. The summed E-state index contributed by atoms with van der Waals surface area (Å²) >= 11 is 0. The maximum atomic E-state index is 12.2. The van der Waals surface area contributed by atoms with Crippen LogP contribution in [-0.4, -0.2) is 23.1 Å². The molecule has 2 aromatic rings. The van der Waals surface area contributed by atoms with Gasteiger partial charge in [0.2, 0.25) is 0 Å². The number of hydrogen-bond donors (Lipinski definition) is 2. The number of rotatable bonds is 7. The van der Waals surface area contributed by atoms with Crippen molar-refractivity contribution in [2.24, 2.45) is 0 Å². The van der Waals surface area contributed by atoms with Crippen molar-refractivity contribution in [3.63, 3.8) is 0 Å². The van der Waals surface area contributed by atoms with Crippen molar-refractivity contribution in [1.82, 2.24) is 0 Å². The monoisotopic (exact) mass is 327 g/mol. The molecular weight excluding hydrogens is 306 g/mol. The van der Waals surface area contributed by atoms with E-state index in [4.69, 9.17) is 9.84 Å². The first-order chi connectivity index (χ1) is 11.5. The third-order valence-corrected chi connectivity index (χ3v) is 3.60. The summed E-state index contributed by atoms with van der Waals surface area (Å²) in [7, 11) is 0. The highest BCUT2D eigenvalue weighted by Gasteiger charge is 2.08. The first kappa shape index (κ1) is 17.5. The van der Waals surface area contributed by atoms with Gasteiger partial charge in [0.1, 0.15) is 5.75 Å². The van der Waals surface area contributed by atoms with Crippen LogP contribution in [0.1, 0.15) is 36.2 Å². The number of nitrogens with one attached hydrogen (secondary N) is 1. The lowest BCUT2D eigenvalue weighted by Gasteiger charge is -2.12. The van der Waals surface area contributed by atoms with Crippen LogP contribution in [0.5, 0.6) is 5.75 Å². The van der Waals surface area contributed by atoms with Gasteiger partial charge >= 0.3 is 5.97 Å². The Labute approximate surface area is 141 Å². The maximum Gasteiger partial charge on any atom is 0.307 e. The Morgan fingerprint density at radius 1 is 1.08 bits per heavy atom. The first-order valence-corrected chi connectivity index (χ1v) is 7.86. The summed E-state index contributed by atoms with van der Waals surface area (Å²) in [6.07, 6.45) is 1.01. The second-order valence-corrected chi connectivity index (χ2v) is 5.58. The van der Waals surface area contributed by atoms with Crippen LogP contribution in [0.3, 0.4) is 0 Å². The molecule has 0 aliphatic rings. The molecule has 2 rings (SSSR count). The molecule has 5 nitrogen and oxygen atoms in total. The number of anilines is 1. The summed E-state index contributed by atoms with van der Waals surface area (Å²) in [6.45, 7) is 4.04. The highest BCUT2D eigenvalue weighted by Crippen LogP contribution is 2.17.